The van der Waals surface area contributed by atoms with Crippen molar-refractivity contribution in [3.8, 4) is 5.75 Å². The van der Waals surface area contributed by atoms with E-state index in [4.69, 9.17) is 4.74 Å². The Balaban J connectivity index is 1.80. The molecule has 3 heteroatoms. The van der Waals surface area contributed by atoms with Crippen LogP contribution in [-0.2, 0) is 0 Å². The van der Waals surface area contributed by atoms with E-state index >= 15 is 0 Å². The molecular formula is C17H23NO2. The highest BCUT2D eigenvalue weighted by molar-refractivity contribution is 5.83. The molecule has 108 valence electrons. The average Bonchev–Trinajstić information content (AvgIpc) is 2.49. The lowest BCUT2D eigenvalue weighted by Crippen LogP contribution is -2.31. The van der Waals surface area contributed by atoms with E-state index in [1.807, 2.05) is 30.3 Å². The molecule has 0 aliphatic heterocycles. The number of rotatable bonds is 8. The third-order valence-electron chi connectivity index (χ3n) is 3.25. The largest absolute Gasteiger partial charge is 0.491 e. The molecule has 0 aliphatic carbocycles. The van der Waals surface area contributed by atoms with Crippen LogP contribution in [0.15, 0.2) is 42.5 Å². The molecule has 0 aliphatic rings. The van der Waals surface area contributed by atoms with Gasteiger partial charge in [-0.2, -0.15) is 0 Å². The molecule has 20 heavy (non-hydrogen) atoms. The molecule has 0 heterocycles. The predicted octanol–water partition coefficient (Wildman–Crippen LogP) is 2.97. The molecule has 0 bridgehead atoms. The Kier molecular flexibility index (Phi) is 5.84. The highest BCUT2D eigenvalue weighted by Crippen LogP contribution is 2.20. The minimum absolute atomic E-state index is 0.317. The number of fused-ring (bicyclic) bond motifs is 1. The van der Waals surface area contributed by atoms with Crippen LogP contribution in [0.2, 0.25) is 0 Å². The Hall–Kier alpha value is -1.58. The third-order valence-corrected chi connectivity index (χ3v) is 3.25. The summed E-state index contributed by atoms with van der Waals surface area (Å²) in [6.45, 7) is 4.00. The van der Waals surface area contributed by atoms with Crippen LogP contribution in [0.3, 0.4) is 0 Å². The maximum absolute atomic E-state index is 9.84. The average molecular weight is 273 g/mol. The number of ether oxygens (including phenoxy) is 1. The molecule has 1 unspecified atom stereocenters. The maximum Gasteiger partial charge on any atom is 0.120 e. The SMILES string of the molecule is CCCCNCC(O)COc1ccc2ccccc2c1. The molecule has 0 saturated carbocycles. The van der Waals surface area contributed by atoms with Crippen molar-refractivity contribution in [2.45, 2.75) is 25.9 Å². The number of aliphatic hydroxyl groups excluding tert-OH is 1. The highest BCUT2D eigenvalue weighted by Gasteiger charge is 2.05. The first-order valence-corrected chi connectivity index (χ1v) is 7.30. The van der Waals surface area contributed by atoms with Crippen molar-refractivity contribution in [2.75, 3.05) is 19.7 Å². The Morgan fingerprint density at radius 3 is 2.75 bits per heavy atom. The second-order valence-corrected chi connectivity index (χ2v) is 5.03. The number of unbranched alkanes of at least 4 members (excludes halogenated alkanes) is 1. The predicted molar refractivity (Wildman–Crippen MR) is 83.2 cm³/mol. The lowest BCUT2D eigenvalue weighted by Gasteiger charge is -2.13. The van der Waals surface area contributed by atoms with E-state index < -0.39 is 6.10 Å². The topological polar surface area (TPSA) is 41.5 Å². The number of nitrogens with one attached hydrogen (secondary N) is 1. The molecule has 1 atom stereocenters. The zero-order chi connectivity index (χ0) is 14.2. The van der Waals surface area contributed by atoms with Gasteiger partial charge in [-0.3, -0.25) is 0 Å². The zero-order valence-electron chi connectivity index (χ0n) is 12.0. The van der Waals surface area contributed by atoms with E-state index in [2.05, 4.69) is 24.4 Å². The summed E-state index contributed by atoms with van der Waals surface area (Å²) in [6, 6.07) is 14.2. The normalized spacial score (nSPS) is 12.5. The standard InChI is InChI=1S/C17H23NO2/c1-2-3-10-18-12-16(19)13-20-17-9-8-14-6-4-5-7-15(14)11-17/h4-9,11,16,18-19H,2-3,10,12-13H2,1H3. The Morgan fingerprint density at radius 2 is 1.95 bits per heavy atom. The van der Waals surface area contributed by atoms with E-state index in [9.17, 15) is 5.11 Å². The molecule has 0 aromatic heterocycles. The summed E-state index contributed by atoms with van der Waals surface area (Å²) < 4.78 is 5.64. The minimum atomic E-state index is -0.474. The van der Waals surface area contributed by atoms with Crippen LogP contribution in [-0.4, -0.2) is 30.9 Å². The van der Waals surface area contributed by atoms with Gasteiger partial charge in [0.05, 0.1) is 0 Å². The van der Waals surface area contributed by atoms with E-state index in [0.717, 1.165) is 30.5 Å². The molecule has 2 N–H and O–H groups in total. The molecule has 2 rings (SSSR count). The second-order valence-electron chi connectivity index (χ2n) is 5.03. The molecule has 2 aromatic rings. The molecule has 0 spiro atoms. The molecular weight excluding hydrogens is 250 g/mol. The van der Waals surface area contributed by atoms with E-state index in [1.54, 1.807) is 0 Å². The lowest BCUT2D eigenvalue weighted by molar-refractivity contribution is 0.106. The summed E-state index contributed by atoms with van der Waals surface area (Å²) in [7, 11) is 0. The maximum atomic E-state index is 9.84. The smallest absolute Gasteiger partial charge is 0.120 e. The van der Waals surface area contributed by atoms with Crippen LogP contribution < -0.4 is 10.1 Å². The summed E-state index contributed by atoms with van der Waals surface area (Å²) in [5.41, 5.74) is 0. The fourth-order valence-electron chi connectivity index (χ4n) is 2.08. The van der Waals surface area contributed by atoms with Crippen LogP contribution >= 0.6 is 0 Å². The van der Waals surface area contributed by atoms with Crippen molar-refractivity contribution in [1.82, 2.24) is 5.32 Å². The number of hydrogen-bond donors (Lipinski definition) is 2. The molecule has 0 amide bonds. The Labute approximate surface area is 120 Å². The van der Waals surface area contributed by atoms with Gasteiger partial charge in [-0.25, -0.2) is 0 Å². The molecule has 0 saturated heterocycles. The van der Waals surface area contributed by atoms with Crippen molar-refractivity contribution < 1.29 is 9.84 Å². The van der Waals surface area contributed by atoms with Crippen LogP contribution in [0.1, 0.15) is 19.8 Å². The van der Waals surface area contributed by atoms with Gasteiger partial charge in [0.1, 0.15) is 18.5 Å². The number of aliphatic hydroxyl groups is 1. The summed E-state index contributed by atoms with van der Waals surface area (Å²) >= 11 is 0. The van der Waals surface area contributed by atoms with Gasteiger partial charge in [0.2, 0.25) is 0 Å². The first-order valence-electron chi connectivity index (χ1n) is 7.30. The Morgan fingerprint density at radius 1 is 1.15 bits per heavy atom. The minimum Gasteiger partial charge on any atom is -0.491 e. The monoisotopic (exact) mass is 273 g/mol. The summed E-state index contributed by atoms with van der Waals surface area (Å²) in [4.78, 5) is 0. The number of benzene rings is 2. The molecule has 2 aromatic carbocycles. The van der Waals surface area contributed by atoms with Crippen molar-refractivity contribution in [1.29, 1.82) is 0 Å². The fraction of sp³-hybridized carbons (Fsp3) is 0.412. The summed E-state index contributed by atoms with van der Waals surface area (Å²) in [6.07, 6.45) is 1.83. The van der Waals surface area contributed by atoms with Gasteiger partial charge in [-0.1, -0.05) is 43.7 Å². The van der Waals surface area contributed by atoms with Gasteiger partial charge in [0, 0.05) is 6.54 Å². The van der Waals surface area contributed by atoms with Crippen molar-refractivity contribution >= 4 is 10.8 Å². The first kappa shape index (κ1) is 14.8. The van der Waals surface area contributed by atoms with Gasteiger partial charge >= 0.3 is 0 Å². The van der Waals surface area contributed by atoms with Crippen molar-refractivity contribution in [2.24, 2.45) is 0 Å². The first-order chi connectivity index (χ1) is 9.79. The van der Waals surface area contributed by atoms with E-state index in [0.29, 0.717) is 13.2 Å². The van der Waals surface area contributed by atoms with Gasteiger partial charge in [0.15, 0.2) is 0 Å². The van der Waals surface area contributed by atoms with Gasteiger partial charge < -0.3 is 15.2 Å². The van der Waals surface area contributed by atoms with Crippen molar-refractivity contribution in [3.05, 3.63) is 42.5 Å². The molecule has 0 fully saturated rings. The fourth-order valence-corrected chi connectivity index (χ4v) is 2.08. The van der Waals surface area contributed by atoms with Gasteiger partial charge in [0.25, 0.3) is 0 Å². The number of hydrogen-bond acceptors (Lipinski definition) is 3. The lowest BCUT2D eigenvalue weighted by atomic mass is 10.1. The van der Waals surface area contributed by atoms with Gasteiger partial charge in [-0.15, -0.1) is 0 Å². The molecule has 3 nitrogen and oxygen atoms in total. The van der Waals surface area contributed by atoms with E-state index in [1.165, 1.54) is 5.39 Å². The summed E-state index contributed by atoms with van der Waals surface area (Å²) in [5.74, 6) is 0.802. The van der Waals surface area contributed by atoms with Crippen LogP contribution in [0.25, 0.3) is 10.8 Å². The zero-order valence-corrected chi connectivity index (χ0v) is 12.0. The van der Waals surface area contributed by atoms with Gasteiger partial charge in [-0.05, 0) is 35.9 Å². The van der Waals surface area contributed by atoms with Crippen LogP contribution in [0.5, 0.6) is 5.75 Å². The highest BCUT2D eigenvalue weighted by atomic mass is 16.5. The second kappa shape index (κ2) is 7.88. The van der Waals surface area contributed by atoms with Crippen LogP contribution in [0, 0.1) is 0 Å². The summed E-state index contributed by atoms with van der Waals surface area (Å²) in [5, 5.41) is 15.4. The molecule has 0 radical (unpaired) electrons. The van der Waals surface area contributed by atoms with Crippen LogP contribution in [0.4, 0.5) is 0 Å². The third kappa shape index (κ3) is 4.51. The Bertz CT molecular complexity index is 527. The van der Waals surface area contributed by atoms with E-state index in [-0.39, 0.29) is 0 Å². The quantitative estimate of drug-likeness (QED) is 0.727. The van der Waals surface area contributed by atoms with Crippen molar-refractivity contribution in [3.63, 3.8) is 0 Å².